The van der Waals surface area contributed by atoms with Gasteiger partial charge in [-0.15, -0.1) is 0 Å². The van der Waals surface area contributed by atoms with Crippen molar-refractivity contribution in [3.63, 3.8) is 0 Å². The van der Waals surface area contributed by atoms with Gasteiger partial charge in [-0.05, 0) is 77.0 Å². The molecule has 0 heterocycles. The van der Waals surface area contributed by atoms with Crippen LogP contribution in [0, 0.1) is 0 Å². The van der Waals surface area contributed by atoms with Gasteiger partial charge in [0.05, 0.1) is 0 Å². The molecule has 0 fully saturated rings. The summed E-state index contributed by atoms with van der Waals surface area (Å²) in [6.45, 7) is 6.48. The zero-order chi connectivity index (χ0) is 43.0. The van der Waals surface area contributed by atoms with E-state index in [1.807, 2.05) is 0 Å². The van der Waals surface area contributed by atoms with E-state index in [0.29, 0.717) is 19.3 Å². The summed E-state index contributed by atoms with van der Waals surface area (Å²) in [6, 6.07) is 0. The molecule has 0 aliphatic carbocycles. The standard InChI is InChI=1S/C53H94O6/c1-4-7-10-13-16-19-22-25-27-29-31-34-37-40-43-46-52(55)58-49-50(48-57-51(54)45-42-39-36-33-30-24-21-18-15-12-9-6-3)59-53(56)47-44-41-38-35-32-28-26-23-20-17-14-11-8-5-2/h9,12,18,21,28,30,32-33,50H,4-8,10-11,13-17,19-20,22-27,29,31,34-49H2,1-3H3/b12-9-,21-18-,32-28-,33-30-. The molecule has 0 amide bonds. The van der Waals surface area contributed by atoms with Gasteiger partial charge in [-0.2, -0.15) is 0 Å². The number of allylic oxidation sites excluding steroid dienone is 8. The third-order valence-corrected chi connectivity index (χ3v) is 10.8. The zero-order valence-electron chi connectivity index (χ0n) is 39.0. The summed E-state index contributed by atoms with van der Waals surface area (Å²) in [5.41, 5.74) is 0. The van der Waals surface area contributed by atoms with Gasteiger partial charge in [0.1, 0.15) is 13.2 Å². The minimum Gasteiger partial charge on any atom is -0.462 e. The van der Waals surface area contributed by atoms with E-state index in [-0.39, 0.29) is 31.1 Å². The van der Waals surface area contributed by atoms with Crippen LogP contribution < -0.4 is 0 Å². The van der Waals surface area contributed by atoms with Gasteiger partial charge in [-0.1, -0.05) is 204 Å². The molecule has 0 rings (SSSR count). The lowest BCUT2D eigenvalue weighted by molar-refractivity contribution is -0.167. The normalized spacial score (nSPS) is 12.4. The third-order valence-electron chi connectivity index (χ3n) is 10.8. The summed E-state index contributed by atoms with van der Waals surface area (Å²) in [7, 11) is 0. The van der Waals surface area contributed by atoms with Gasteiger partial charge in [0.15, 0.2) is 6.10 Å². The van der Waals surface area contributed by atoms with Crippen molar-refractivity contribution in [2.24, 2.45) is 0 Å². The number of hydrogen-bond acceptors (Lipinski definition) is 6. The number of rotatable bonds is 45. The Morgan fingerprint density at radius 3 is 1.10 bits per heavy atom. The Labute approximate surface area is 365 Å². The zero-order valence-corrected chi connectivity index (χ0v) is 39.0. The third kappa shape index (κ3) is 46.3. The van der Waals surface area contributed by atoms with Crippen molar-refractivity contribution in [1.82, 2.24) is 0 Å². The Bertz CT molecular complexity index is 1040. The van der Waals surface area contributed by atoms with E-state index in [1.54, 1.807) is 0 Å². The fourth-order valence-corrected chi connectivity index (χ4v) is 7.04. The van der Waals surface area contributed by atoms with Gasteiger partial charge < -0.3 is 14.2 Å². The van der Waals surface area contributed by atoms with Crippen LogP contribution in [0.2, 0.25) is 0 Å². The first-order valence-electron chi connectivity index (χ1n) is 25.1. The molecule has 0 aliphatic heterocycles. The first-order valence-corrected chi connectivity index (χ1v) is 25.1. The number of ether oxygens (including phenoxy) is 3. The van der Waals surface area contributed by atoms with Crippen LogP contribution in [0.5, 0.6) is 0 Å². The maximum absolute atomic E-state index is 12.8. The lowest BCUT2D eigenvalue weighted by Gasteiger charge is -2.18. The second-order valence-corrected chi connectivity index (χ2v) is 16.7. The topological polar surface area (TPSA) is 78.9 Å². The van der Waals surface area contributed by atoms with Gasteiger partial charge in [0.2, 0.25) is 0 Å². The average Bonchev–Trinajstić information content (AvgIpc) is 3.23. The van der Waals surface area contributed by atoms with Gasteiger partial charge in [0, 0.05) is 19.3 Å². The van der Waals surface area contributed by atoms with Crippen LogP contribution >= 0.6 is 0 Å². The molecule has 1 atom stereocenters. The van der Waals surface area contributed by atoms with Crippen molar-refractivity contribution in [3.8, 4) is 0 Å². The largest absolute Gasteiger partial charge is 0.462 e. The molecule has 6 heteroatoms. The van der Waals surface area contributed by atoms with Crippen molar-refractivity contribution >= 4 is 17.9 Å². The van der Waals surface area contributed by atoms with E-state index >= 15 is 0 Å². The molecule has 0 aromatic carbocycles. The summed E-state index contributed by atoms with van der Waals surface area (Å²) in [6.07, 6.45) is 56.7. The Morgan fingerprint density at radius 2 is 0.661 bits per heavy atom. The quantitative estimate of drug-likeness (QED) is 0.0263. The maximum Gasteiger partial charge on any atom is 0.306 e. The minimum atomic E-state index is -0.792. The SMILES string of the molecule is CC/C=C\C/C=C\C/C=C\CCCCC(=O)OCC(COC(=O)CCCCCCCCCCCCCCCCC)OC(=O)CCCCC/C=C\CCCCCCCCC. The molecule has 0 radical (unpaired) electrons. The lowest BCUT2D eigenvalue weighted by atomic mass is 10.0. The molecule has 1 unspecified atom stereocenters. The Kier molecular flexibility index (Phi) is 45.9. The molecule has 0 saturated heterocycles. The molecule has 0 spiro atoms. The molecular formula is C53H94O6. The number of esters is 3. The second-order valence-electron chi connectivity index (χ2n) is 16.7. The molecule has 0 saturated carbocycles. The molecule has 0 aliphatic rings. The predicted molar refractivity (Wildman–Crippen MR) is 252 cm³/mol. The second kappa shape index (κ2) is 48.0. The van der Waals surface area contributed by atoms with Crippen molar-refractivity contribution in [1.29, 1.82) is 0 Å². The highest BCUT2D eigenvalue weighted by Crippen LogP contribution is 2.15. The van der Waals surface area contributed by atoms with Crippen molar-refractivity contribution in [2.45, 2.75) is 258 Å². The average molecular weight is 827 g/mol. The van der Waals surface area contributed by atoms with Crippen LogP contribution in [0.25, 0.3) is 0 Å². The van der Waals surface area contributed by atoms with E-state index < -0.39 is 6.10 Å². The summed E-state index contributed by atoms with van der Waals surface area (Å²) < 4.78 is 16.7. The minimum absolute atomic E-state index is 0.0890. The van der Waals surface area contributed by atoms with Gasteiger partial charge in [-0.3, -0.25) is 14.4 Å². The van der Waals surface area contributed by atoms with Crippen LogP contribution in [0.4, 0.5) is 0 Å². The predicted octanol–water partition coefficient (Wildman–Crippen LogP) is 16.3. The van der Waals surface area contributed by atoms with Crippen molar-refractivity contribution < 1.29 is 28.6 Å². The Morgan fingerprint density at radius 1 is 0.356 bits per heavy atom. The highest BCUT2D eigenvalue weighted by Gasteiger charge is 2.19. The summed E-state index contributed by atoms with van der Waals surface area (Å²) >= 11 is 0. The molecule has 342 valence electrons. The fourth-order valence-electron chi connectivity index (χ4n) is 7.04. The number of unbranched alkanes of at least 4 members (excludes halogenated alkanes) is 26. The highest BCUT2D eigenvalue weighted by molar-refractivity contribution is 5.71. The number of hydrogen-bond donors (Lipinski definition) is 0. The van der Waals surface area contributed by atoms with Crippen LogP contribution in [0.15, 0.2) is 48.6 Å². The van der Waals surface area contributed by atoms with Crippen molar-refractivity contribution in [3.05, 3.63) is 48.6 Å². The first-order chi connectivity index (χ1) is 29.0. The Hall–Kier alpha value is -2.63. The van der Waals surface area contributed by atoms with E-state index in [4.69, 9.17) is 14.2 Å². The summed E-state index contributed by atoms with van der Waals surface area (Å²) in [5.74, 6) is -0.940. The van der Waals surface area contributed by atoms with Crippen LogP contribution in [-0.4, -0.2) is 37.2 Å². The van der Waals surface area contributed by atoms with Crippen LogP contribution in [0.3, 0.4) is 0 Å². The van der Waals surface area contributed by atoms with Crippen molar-refractivity contribution in [2.75, 3.05) is 13.2 Å². The molecule has 0 bridgehead atoms. The van der Waals surface area contributed by atoms with Crippen LogP contribution in [-0.2, 0) is 28.6 Å². The van der Waals surface area contributed by atoms with Gasteiger partial charge in [0.25, 0.3) is 0 Å². The van der Waals surface area contributed by atoms with E-state index in [0.717, 1.165) is 89.9 Å². The van der Waals surface area contributed by atoms with Gasteiger partial charge in [-0.25, -0.2) is 0 Å². The smallest absolute Gasteiger partial charge is 0.306 e. The molecule has 0 aromatic rings. The molecule has 0 N–H and O–H groups in total. The molecule has 59 heavy (non-hydrogen) atoms. The summed E-state index contributed by atoms with van der Waals surface area (Å²) in [5, 5.41) is 0. The lowest BCUT2D eigenvalue weighted by Crippen LogP contribution is -2.30. The molecule has 6 nitrogen and oxygen atoms in total. The van der Waals surface area contributed by atoms with E-state index in [9.17, 15) is 14.4 Å². The first kappa shape index (κ1) is 56.4. The fraction of sp³-hybridized carbons (Fsp3) is 0.792. The number of carbonyl (C=O) groups is 3. The monoisotopic (exact) mass is 827 g/mol. The van der Waals surface area contributed by atoms with E-state index in [1.165, 1.54) is 122 Å². The van der Waals surface area contributed by atoms with Gasteiger partial charge >= 0.3 is 17.9 Å². The maximum atomic E-state index is 12.8. The molecule has 0 aromatic heterocycles. The molecular weight excluding hydrogens is 733 g/mol. The van der Waals surface area contributed by atoms with Crippen LogP contribution in [0.1, 0.15) is 252 Å². The summed E-state index contributed by atoms with van der Waals surface area (Å²) in [4.78, 5) is 37.9. The van der Waals surface area contributed by atoms with E-state index in [2.05, 4.69) is 69.4 Å². The Balaban J connectivity index is 4.41. The highest BCUT2D eigenvalue weighted by atomic mass is 16.6. The number of carbonyl (C=O) groups excluding carboxylic acids is 3.